The maximum Gasteiger partial charge on any atom is 0.276 e. The van der Waals surface area contributed by atoms with Gasteiger partial charge in [0, 0.05) is 13.1 Å². The number of ether oxygens (including phenoxy) is 1. The minimum atomic E-state index is -0.0751. The van der Waals surface area contributed by atoms with Crippen molar-refractivity contribution >= 4 is 17.5 Å². The van der Waals surface area contributed by atoms with Gasteiger partial charge in [-0.15, -0.1) is 0 Å². The number of rotatable bonds is 1. The summed E-state index contributed by atoms with van der Waals surface area (Å²) in [5.74, 6) is 1.51. The van der Waals surface area contributed by atoms with Crippen molar-refractivity contribution in [1.82, 2.24) is 14.7 Å². The first-order valence-electron chi connectivity index (χ1n) is 6.74. The molecule has 0 saturated carbocycles. The maximum absolute atomic E-state index is 12.5. The van der Waals surface area contributed by atoms with Crippen LogP contribution >= 0.6 is 11.6 Å². The standard InChI is InChI=1S/C13H18ClN3O2/c1-8-5-9(2)7-16(6-8)12(18)11-10(14)13-17(15-11)3-4-19-13/h8-9H,3-7H2,1-2H3. The summed E-state index contributed by atoms with van der Waals surface area (Å²) in [6.07, 6.45) is 1.17. The molecule has 2 aliphatic rings. The van der Waals surface area contributed by atoms with E-state index in [9.17, 15) is 4.79 Å². The van der Waals surface area contributed by atoms with Crippen molar-refractivity contribution in [1.29, 1.82) is 0 Å². The first-order valence-corrected chi connectivity index (χ1v) is 7.12. The van der Waals surface area contributed by atoms with Crippen LogP contribution in [0.3, 0.4) is 0 Å². The molecule has 0 aromatic carbocycles. The highest BCUT2D eigenvalue weighted by Crippen LogP contribution is 2.33. The molecule has 1 fully saturated rings. The van der Waals surface area contributed by atoms with Crippen molar-refractivity contribution < 1.29 is 9.53 Å². The molecule has 1 amide bonds. The Kier molecular flexibility index (Phi) is 3.17. The number of carbonyl (C=O) groups is 1. The largest absolute Gasteiger partial charge is 0.475 e. The predicted molar refractivity (Wildman–Crippen MR) is 71.6 cm³/mol. The van der Waals surface area contributed by atoms with Crippen LogP contribution in [0, 0.1) is 11.8 Å². The highest BCUT2D eigenvalue weighted by molar-refractivity contribution is 6.34. The van der Waals surface area contributed by atoms with Gasteiger partial charge >= 0.3 is 0 Å². The van der Waals surface area contributed by atoms with Crippen LogP contribution in [-0.2, 0) is 6.54 Å². The van der Waals surface area contributed by atoms with E-state index in [1.165, 1.54) is 6.42 Å². The molecule has 5 nitrogen and oxygen atoms in total. The lowest BCUT2D eigenvalue weighted by atomic mass is 9.92. The molecule has 0 radical (unpaired) electrons. The number of nitrogens with zero attached hydrogens (tertiary/aromatic N) is 3. The zero-order valence-electron chi connectivity index (χ0n) is 11.2. The number of fused-ring (bicyclic) bond motifs is 1. The summed E-state index contributed by atoms with van der Waals surface area (Å²) in [6, 6.07) is 0. The number of piperidine rings is 1. The van der Waals surface area contributed by atoms with Gasteiger partial charge in [0.05, 0.1) is 6.54 Å². The number of amides is 1. The Morgan fingerprint density at radius 3 is 2.68 bits per heavy atom. The van der Waals surface area contributed by atoms with Gasteiger partial charge in [0.15, 0.2) is 5.69 Å². The van der Waals surface area contributed by atoms with E-state index in [1.54, 1.807) is 4.68 Å². The third-order valence-corrected chi connectivity index (χ3v) is 4.09. The molecule has 3 heterocycles. The van der Waals surface area contributed by atoms with Gasteiger partial charge in [-0.3, -0.25) is 4.79 Å². The molecule has 1 saturated heterocycles. The van der Waals surface area contributed by atoms with Crippen molar-refractivity contribution in [2.45, 2.75) is 26.8 Å². The first kappa shape index (κ1) is 12.8. The molecule has 2 atom stereocenters. The summed E-state index contributed by atoms with van der Waals surface area (Å²) in [4.78, 5) is 14.4. The monoisotopic (exact) mass is 283 g/mol. The second-order valence-electron chi connectivity index (χ2n) is 5.70. The topological polar surface area (TPSA) is 47.4 Å². The Bertz CT molecular complexity index is 504. The predicted octanol–water partition coefficient (Wildman–Crippen LogP) is 2.05. The summed E-state index contributed by atoms with van der Waals surface area (Å²) in [5, 5.41) is 4.64. The molecule has 0 N–H and O–H groups in total. The van der Waals surface area contributed by atoms with E-state index in [0.717, 1.165) is 13.1 Å². The average Bonchev–Trinajstić information content (AvgIpc) is 2.91. The van der Waals surface area contributed by atoms with Gasteiger partial charge in [0.2, 0.25) is 5.88 Å². The van der Waals surface area contributed by atoms with Crippen molar-refractivity contribution in [2.75, 3.05) is 19.7 Å². The number of aromatic nitrogens is 2. The molecule has 0 aliphatic carbocycles. The number of halogens is 1. The van der Waals surface area contributed by atoms with E-state index in [1.807, 2.05) is 4.90 Å². The lowest BCUT2D eigenvalue weighted by molar-refractivity contribution is 0.0616. The average molecular weight is 284 g/mol. The molecule has 19 heavy (non-hydrogen) atoms. The van der Waals surface area contributed by atoms with E-state index < -0.39 is 0 Å². The third kappa shape index (κ3) is 2.20. The fraction of sp³-hybridized carbons (Fsp3) is 0.692. The summed E-state index contributed by atoms with van der Waals surface area (Å²) >= 11 is 6.20. The van der Waals surface area contributed by atoms with E-state index >= 15 is 0 Å². The summed E-state index contributed by atoms with van der Waals surface area (Å²) < 4.78 is 7.06. The molecule has 104 valence electrons. The van der Waals surface area contributed by atoms with Gasteiger partial charge in [-0.2, -0.15) is 5.10 Å². The maximum atomic E-state index is 12.5. The number of hydrogen-bond acceptors (Lipinski definition) is 3. The highest BCUT2D eigenvalue weighted by atomic mass is 35.5. The third-order valence-electron chi connectivity index (χ3n) is 3.75. The van der Waals surface area contributed by atoms with E-state index in [4.69, 9.17) is 16.3 Å². The molecule has 0 bridgehead atoms. The smallest absolute Gasteiger partial charge is 0.276 e. The summed E-state index contributed by atoms with van der Waals surface area (Å²) in [7, 11) is 0. The summed E-state index contributed by atoms with van der Waals surface area (Å²) in [5.41, 5.74) is 0.331. The van der Waals surface area contributed by atoms with Crippen LogP contribution in [0.1, 0.15) is 30.8 Å². The number of carbonyl (C=O) groups excluding carboxylic acids is 1. The number of hydrogen-bond donors (Lipinski definition) is 0. The van der Waals surface area contributed by atoms with Crippen molar-refractivity contribution in [2.24, 2.45) is 11.8 Å². The van der Waals surface area contributed by atoms with Crippen LogP contribution in [-0.4, -0.2) is 40.3 Å². The molecule has 1 aromatic heterocycles. The van der Waals surface area contributed by atoms with E-state index in [2.05, 4.69) is 18.9 Å². The minimum Gasteiger partial charge on any atom is -0.475 e. The quantitative estimate of drug-likeness (QED) is 0.792. The number of likely N-dealkylation sites (tertiary alicyclic amines) is 1. The normalized spacial score (nSPS) is 26.2. The molecule has 2 aliphatic heterocycles. The van der Waals surface area contributed by atoms with Crippen LogP contribution in [0.5, 0.6) is 5.88 Å². The molecule has 6 heteroatoms. The van der Waals surface area contributed by atoms with Gasteiger partial charge in [-0.05, 0) is 18.3 Å². The van der Waals surface area contributed by atoms with Gasteiger partial charge in [-0.25, -0.2) is 4.68 Å². The Morgan fingerprint density at radius 1 is 1.37 bits per heavy atom. The molecule has 1 aromatic rings. The molecular formula is C13H18ClN3O2. The highest BCUT2D eigenvalue weighted by Gasteiger charge is 2.32. The van der Waals surface area contributed by atoms with Crippen molar-refractivity contribution in [3.8, 4) is 5.88 Å². The first-order chi connectivity index (χ1) is 9.06. The van der Waals surface area contributed by atoms with Crippen LogP contribution in [0.15, 0.2) is 0 Å². The Hall–Kier alpha value is -1.23. The lowest BCUT2D eigenvalue weighted by Gasteiger charge is -2.34. The van der Waals surface area contributed by atoms with E-state index in [0.29, 0.717) is 41.6 Å². The second kappa shape index (κ2) is 4.71. The zero-order valence-corrected chi connectivity index (χ0v) is 12.0. The molecule has 0 spiro atoms. The van der Waals surface area contributed by atoms with Crippen LogP contribution < -0.4 is 4.74 Å². The van der Waals surface area contributed by atoms with E-state index in [-0.39, 0.29) is 5.91 Å². The zero-order chi connectivity index (χ0) is 13.6. The summed E-state index contributed by atoms with van der Waals surface area (Å²) in [6.45, 7) is 7.15. The van der Waals surface area contributed by atoms with Crippen LogP contribution in [0.4, 0.5) is 0 Å². The van der Waals surface area contributed by atoms with Gasteiger partial charge < -0.3 is 9.64 Å². The Labute approximate surface area is 117 Å². The molecule has 2 unspecified atom stereocenters. The molecular weight excluding hydrogens is 266 g/mol. The fourth-order valence-corrected chi connectivity index (χ4v) is 3.33. The lowest BCUT2D eigenvalue weighted by Crippen LogP contribution is -2.42. The van der Waals surface area contributed by atoms with Gasteiger partial charge in [0.1, 0.15) is 11.6 Å². The van der Waals surface area contributed by atoms with Gasteiger partial charge in [-0.1, -0.05) is 25.4 Å². The van der Waals surface area contributed by atoms with Gasteiger partial charge in [0.25, 0.3) is 5.91 Å². The van der Waals surface area contributed by atoms with Crippen LogP contribution in [0.25, 0.3) is 0 Å². The fourth-order valence-electron chi connectivity index (χ4n) is 3.06. The second-order valence-corrected chi connectivity index (χ2v) is 6.07. The van der Waals surface area contributed by atoms with Crippen molar-refractivity contribution in [3.05, 3.63) is 10.7 Å². The molecule has 3 rings (SSSR count). The SMILES string of the molecule is CC1CC(C)CN(C(=O)c2nn3c(c2Cl)OCC3)C1. The minimum absolute atomic E-state index is 0.0751. The van der Waals surface area contributed by atoms with Crippen LogP contribution in [0.2, 0.25) is 5.02 Å². The Morgan fingerprint density at radius 2 is 2.05 bits per heavy atom. The van der Waals surface area contributed by atoms with Crippen molar-refractivity contribution in [3.63, 3.8) is 0 Å². The Balaban J connectivity index is 1.84.